The van der Waals surface area contributed by atoms with Crippen molar-refractivity contribution in [3.8, 4) is 5.75 Å². The third kappa shape index (κ3) is 3.55. The SMILES string of the molecule is Cc1ccc(OCC(=O)Nc2onc3c2C[C@H](C)CC3)cc1C. The van der Waals surface area contributed by atoms with Gasteiger partial charge in [-0.2, -0.15) is 0 Å². The molecule has 0 bridgehead atoms. The van der Waals surface area contributed by atoms with Crippen LogP contribution in [-0.4, -0.2) is 17.7 Å². The minimum atomic E-state index is -0.236. The number of rotatable bonds is 4. The summed E-state index contributed by atoms with van der Waals surface area (Å²) >= 11 is 0. The fourth-order valence-electron chi connectivity index (χ4n) is 2.80. The summed E-state index contributed by atoms with van der Waals surface area (Å²) in [7, 11) is 0. The number of fused-ring (bicyclic) bond motifs is 1. The van der Waals surface area contributed by atoms with Crippen LogP contribution in [-0.2, 0) is 17.6 Å². The van der Waals surface area contributed by atoms with Crippen LogP contribution in [0.25, 0.3) is 0 Å². The van der Waals surface area contributed by atoms with Gasteiger partial charge in [-0.25, -0.2) is 0 Å². The zero-order valence-corrected chi connectivity index (χ0v) is 13.8. The van der Waals surface area contributed by atoms with Crippen molar-refractivity contribution in [2.24, 2.45) is 5.92 Å². The van der Waals surface area contributed by atoms with Gasteiger partial charge >= 0.3 is 0 Å². The van der Waals surface area contributed by atoms with Crippen molar-refractivity contribution in [2.45, 2.75) is 40.0 Å². The Morgan fingerprint density at radius 2 is 2.22 bits per heavy atom. The molecule has 1 aliphatic carbocycles. The predicted octanol–water partition coefficient (Wildman–Crippen LogP) is 3.43. The number of carbonyl (C=O) groups is 1. The van der Waals surface area contributed by atoms with Gasteiger partial charge in [-0.05, 0) is 62.3 Å². The smallest absolute Gasteiger partial charge is 0.264 e. The van der Waals surface area contributed by atoms with Gasteiger partial charge in [0.05, 0.1) is 5.69 Å². The van der Waals surface area contributed by atoms with Gasteiger partial charge in [0.25, 0.3) is 5.91 Å². The number of aromatic nitrogens is 1. The molecular weight excluding hydrogens is 292 g/mol. The van der Waals surface area contributed by atoms with E-state index >= 15 is 0 Å². The Morgan fingerprint density at radius 3 is 3.00 bits per heavy atom. The Morgan fingerprint density at radius 1 is 1.39 bits per heavy atom. The van der Waals surface area contributed by atoms with Gasteiger partial charge in [0.1, 0.15) is 5.75 Å². The third-order valence-corrected chi connectivity index (χ3v) is 4.40. The van der Waals surface area contributed by atoms with Crippen LogP contribution in [0.1, 0.15) is 35.7 Å². The Hall–Kier alpha value is -2.30. The first kappa shape index (κ1) is 15.6. The highest BCUT2D eigenvalue weighted by Gasteiger charge is 2.24. The molecule has 23 heavy (non-hydrogen) atoms. The molecule has 5 nitrogen and oxygen atoms in total. The Bertz CT molecular complexity index is 721. The summed E-state index contributed by atoms with van der Waals surface area (Å²) in [4.78, 5) is 12.1. The molecule has 0 fully saturated rings. The average molecular weight is 314 g/mol. The number of anilines is 1. The summed E-state index contributed by atoms with van der Waals surface area (Å²) < 4.78 is 10.8. The molecule has 5 heteroatoms. The van der Waals surface area contributed by atoms with Crippen LogP contribution in [0.5, 0.6) is 5.75 Å². The number of hydrogen-bond acceptors (Lipinski definition) is 4. The van der Waals surface area contributed by atoms with Crippen molar-refractivity contribution >= 4 is 11.8 Å². The Kier molecular flexibility index (Phi) is 4.37. The molecule has 3 rings (SSSR count). The largest absolute Gasteiger partial charge is 0.484 e. The summed E-state index contributed by atoms with van der Waals surface area (Å²) in [5.74, 6) is 1.52. The standard InChI is InChI=1S/C18H22N2O3/c1-11-4-7-16-15(8-11)18(23-20-16)19-17(21)10-22-14-6-5-12(2)13(3)9-14/h5-6,9,11H,4,7-8,10H2,1-3H3,(H,19,21)/t11-/m1/s1. The van der Waals surface area contributed by atoms with E-state index in [4.69, 9.17) is 9.26 Å². The van der Waals surface area contributed by atoms with Gasteiger partial charge in [-0.3, -0.25) is 10.1 Å². The number of ether oxygens (including phenoxy) is 1. The van der Waals surface area contributed by atoms with Crippen molar-refractivity contribution in [3.63, 3.8) is 0 Å². The van der Waals surface area contributed by atoms with Crippen LogP contribution in [0, 0.1) is 19.8 Å². The summed E-state index contributed by atoms with van der Waals surface area (Å²) in [5, 5.41) is 6.83. The Balaban J connectivity index is 1.59. The fourth-order valence-corrected chi connectivity index (χ4v) is 2.80. The molecule has 1 aromatic carbocycles. The summed E-state index contributed by atoms with van der Waals surface area (Å²) in [6.07, 6.45) is 2.92. The molecule has 0 unspecified atom stereocenters. The van der Waals surface area contributed by atoms with Crippen molar-refractivity contribution in [1.82, 2.24) is 5.16 Å². The van der Waals surface area contributed by atoms with Gasteiger partial charge in [0, 0.05) is 5.56 Å². The van der Waals surface area contributed by atoms with Crippen LogP contribution in [0.15, 0.2) is 22.7 Å². The zero-order chi connectivity index (χ0) is 16.4. The molecule has 0 saturated carbocycles. The van der Waals surface area contributed by atoms with E-state index in [0.717, 1.165) is 36.1 Å². The normalized spacial score (nSPS) is 16.7. The molecule has 0 saturated heterocycles. The number of hydrogen-bond donors (Lipinski definition) is 1. The average Bonchev–Trinajstić information content (AvgIpc) is 2.91. The molecule has 1 aliphatic rings. The number of amides is 1. The lowest BCUT2D eigenvalue weighted by Crippen LogP contribution is -2.21. The van der Waals surface area contributed by atoms with Gasteiger partial charge in [0.15, 0.2) is 6.61 Å². The molecule has 1 atom stereocenters. The first-order chi connectivity index (χ1) is 11.0. The van der Waals surface area contributed by atoms with Gasteiger partial charge in [-0.1, -0.05) is 18.1 Å². The number of aryl methyl sites for hydroxylation is 3. The van der Waals surface area contributed by atoms with Crippen molar-refractivity contribution < 1.29 is 14.1 Å². The van der Waals surface area contributed by atoms with E-state index < -0.39 is 0 Å². The zero-order valence-electron chi connectivity index (χ0n) is 13.8. The van der Waals surface area contributed by atoms with Gasteiger partial charge in [-0.15, -0.1) is 0 Å². The molecule has 122 valence electrons. The first-order valence-corrected chi connectivity index (χ1v) is 8.00. The Labute approximate surface area is 136 Å². The lowest BCUT2D eigenvalue weighted by molar-refractivity contribution is -0.118. The van der Waals surface area contributed by atoms with E-state index in [0.29, 0.717) is 17.6 Å². The van der Waals surface area contributed by atoms with Crippen LogP contribution >= 0.6 is 0 Å². The van der Waals surface area contributed by atoms with Crippen LogP contribution in [0.3, 0.4) is 0 Å². The summed E-state index contributed by atoms with van der Waals surface area (Å²) in [5.41, 5.74) is 4.34. The lowest BCUT2D eigenvalue weighted by atomic mass is 9.89. The quantitative estimate of drug-likeness (QED) is 0.939. The molecule has 2 aromatic rings. The second kappa shape index (κ2) is 6.44. The van der Waals surface area contributed by atoms with Crippen LogP contribution in [0.2, 0.25) is 0 Å². The second-order valence-corrected chi connectivity index (χ2v) is 6.37. The monoisotopic (exact) mass is 314 g/mol. The number of nitrogens with zero attached hydrogens (tertiary/aromatic N) is 1. The predicted molar refractivity (Wildman–Crippen MR) is 87.7 cm³/mol. The van der Waals surface area contributed by atoms with Crippen LogP contribution in [0.4, 0.5) is 5.88 Å². The molecule has 0 aliphatic heterocycles. The van der Waals surface area contributed by atoms with E-state index in [1.807, 2.05) is 32.0 Å². The molecular formula is C18H22N2O3. The van der Waals surface area contributed by atoms with Gasteiger partial charge in [0.2, 0.25) is 5.88 Å². The van der Waals surface area contributed by atoms with E-state index in [2.05, 4.69) is 17.4 Å². The molecule has 1 aromatic heterocycles. The number of nitrogens with one attached hydrogen (secondary N) is 1. The van der Waals surface area contributed by atoms with Gasteiger partial charge < -0.3 is 9.26 Å². The lowest BCUT2D eigenvalue weighted by Gasteiger charge is -2.16. The highest BCUT2D eigenvalue weighted by Crippen LogP contribution is 2.30. The van der Waals surface area contributed by atoms with Crippen LogP contribution < -0.4 is 10.1 Å². The van der Waals surface area contributed by atoms with Crippen molar-refractivity contribution in [3.05, 3.63) is 40.6 Å². The second-order valence-electron chi connectivity index (χ2n) is 6.37. The molecule has 1 N–H and O–H groups in total. The molecule has 1 heterocycles. The maximum Gasteiger partial charge on any atom is 0.264 e. The topological polar surface area (TPSA) is 64.4 Å². The third-order valence-electron chi connectivity index (χ3n) is 4.40. The minimum Gasteiger partial charge on any atom is -0.484 e. The van der Waals surface area contributed by atoms with Crippen molar-refractivity contribution in [1.29, 1.82) is 0 Å². The minimum absolute atomic E-state index is 0.0481. The maximum absolute atomic E-state index is 12.1. The van der Waals surface area contributed by atoms with Crippen molar-refractivity contribution in [2.75, 3.05) is 11.9 Å². The first-order valence-electron chi connectivity index (χ1n) is 8.00. The summed E-state index contributed by atoms with van der Waals surface area (Å²) in [6.45, 7) is 6.21. The highest BCUT2D eigenvalue weighted by atomic mass is 16.5. The molecule has 1 amide bonds. The van der Waals surface area contributed by atoms with E-state index in [-0.39, 0.29) is 12.5 Å². The van der Waals surface area contributed by atoms with E-state index in [1.54, 1.807) is 0 Å². The highest BCUT2D eigenvalue weighted by molar-refractivity contribution is 5.91. The molecule has 0 radical (unpaired) electrons. The molecule has 0 spiro atoms. The fraction of sp³-hybridized carbons (Fsp3) is 0.444. The number of carbonyl (C=O) groups excluding carboxylic acids is 1. The number of benzene rings is 1. The van der Waals surface area contributed by atoms with E-state index in [1.165, 1.54) is 5.56 Å². The summed E-state index contributed by atoms with van der Waals surface area (Å²) in [6, 6.07) is 5.78. The van der Waals surface area contributed by atoms with E-state index in [9.17, 15) is 4.79 Å². The maximum atomic E-state index is 12.1.